The first-order chi connectivity index (χ1) is 8.11. The third-order valence-corrected chi connectivity index (χ3v) is 2.81. The van der Waals surface area contributed by atoms with E-state index in [2.05, 4.69) is 21.0 Å². The third kappa shape index (κ3) is 2.27. The van der Waals surface area contributed by atoms with Gasteiger partial charge in [0.1, 0.15) is 6.07 Å². The summed E-state index contributed by atoms with van der Waals surface area (Å²) in [5, 5.41) is 12.8. The van der Waals surface area contributed by atoms with Crippen LogP contribution in [0.15, 0.2) is 39.6 Å². The van der Waals surface area contributed by atoms with Crippen molar-refractivity contribution in [2.75, 3.05) is 0 Å². The van der Waals surface area contributed by atoms with Crippen LogP contribution in [0.5, 0.6) is 0 Å². The van der Waals surface area contributed by atoms with E-state index in [0.717, 1.165) is 10.2 Å². The van der Waals surface area contributed by atoms with Gasteiger partial charge in [0.15, 0.2) is 0 Å². The van der Waals surface area contributed by atoms with Crippen LogP contribution >= 0.6 is 15.9 Å². The largest absolute Gasteiger partial charge is 0.287 e. The van der Waals surface area contributed by atoms with Gasteiger partial charge in [0.2, 0.25) is 11.1 Å². The summed E-state index contributed by atoms with van der Waals surface area (Å²) in [6.07, 6.45) is 0. The fourth-order valence-corrected chi connectivity index (χ4v) is 1.73. The molecular formula is C12H8BrN3O. The van der Waals surface area contributed by atoms with E-state index in [0.29, 0.717) is 5.69 Å². The zero-order chi connectivity index (χ0) is 12.4. The topological polar surface area (TPSA) is 58.7 Å². The number of nitrogens with zero attached hydrogens (tertiary/aromatic N) is 3. The van der Waals surface area contributed by atoms with Gasteiger partial charge >= 0.3 is 0 Å². The predicted octanol–water partition coefficient (Wildman–Crippen LogP) is 2.18. The lowest BCUT2D eigenvalue weighted by molar-refractivity contribution is 0.790. The summed E-state index contributed by atoms with van der Waals surface area (Å²) in [6, 6.07) is 10.7. The van der Waals surface area contributed by atoms with Crippen molar-refractivity contribution in [1.82, 2.24) is 9.78 Å². The van der Waals surface area contributed by atoms with Gasteiger partial charge in [-0.1, -0.05) is 15.9 Å². The van der Waals surface area contributed by atoms with Gasteiger partial charge < -0.3 is 0 Å². The first-order valence-electron chi connectivity index (χ1n) is 4.89. The van der Waals surface area contributed by atoms with E-state index < -0.39 is 0 Å². The molecule has 0 aliphatic carbocycles. The molecule has 1 heterocycles. The minimum Gasteiger partial charge on any atom is -0.287 e. The van der Waals surface area contributed by atoms with Crippen molar-refractivity contribution < 1.29 is 0 Å². The fourth-order valence-electron chi connectivity index (χ4n) is 1.47. The number of benzene rings is 1. The highest BCUT2D eigenvalue weighted by Crippen LogP contribution is 2.14. The standard InChI is InChI=1S/C12H8BrN3O/c1-8-6-12(17)11(7-14)15-16(8)10-4-2-9(13)3-5-10/h2-6H,1H3. The Morgan fingerprint density at radius 3 is 2.59 bits per heavy atom. The Morgan fingerprint density at radius 2 is 2.00 bits per heavy atom. The average molecular weight is 290 g/mol. The van der Waals surface area contributed by atoms with Gasteiger partial charge in [-0.2, -0.15) is 10.4 Å². The van der Waals surface area contributed by atoms with Gasteiger partial charge in [0.05, 0.1) is 5.69 Å². The van der Waals surface area contributed by atoms with Gasteiger partial charge in [0, 0.05) is 16.2 Å². The Bertz CT molecular complexity index is 653. The molecule has 0 bridgehead atoms. The van der Waals surface area contributed by atoms with Gasteiger partial charge in [-0.05, 0) is 31.2 Å². The summed E-state index contributed by atoms with van der Waals surface area (Å²) in [6.45, 7) is 1.78. The Balaban J connectivity index is 2.64. The van der Waals surface area contributed by atoms with Crippen LogP contribution in [0, 0.1) is 18.3 Å². The predicted molar refractivity (Wildman–Crippen MR) is 67.0 cm³/mol. The normalized spacial score (nSPS) is 9.94. The molecule has 1 aromatic heterocycles. The molecule has 2 rings (SSSR count). The summed E-state index contributed by atoms with van der Waals surface area (Å²) in [5.41, 5.74) is 1.05. The average Bonchev–Trinajstić information content (AvgIpc) is 2.31. The number of rotatable bonds is 1. The molecule has 4 nitrogen and oxygen atoms in total. The number of halogens is 1. The monoisotopic (exact) mass is 289 g/mol. The minimum atomic E-state index is -0.349. The van der Waals surface area contributed by atoms with Crippen LogP contribution in [0.2, 0.25) is 0 Å². The lowest BCUT2D eigenvalue weighted by Gasteiger charge is -2.08. The smallest absolute Gasteiger partial charge is 0.218 e. The second kappa shape index (κ2) is 4.52. The van der Waals surface area contributed by atoms with E-state index in [9.17, 15) is 4.79 Å². The molecule has 0 amide bonds. The Morgan fingerprint density at radius 1 is 1.35 bits per heavy atom. The van der Waals surface area contributed by atoms with Crippen molar-refractivity contribution >= 4 is 15.9 Å². The summed E-state index contributed by atoms with van der Waals surface area (Å²) >= 11 is 3.34. The molecule has 0 aliphatic heterocycles. The van der Waals surface area contributed by atoms with Crippen LogP contribution in [0.4, 0.5) is 0 Å². The van der Waals surface area contributed by atoms with Crippen molar-refractivity contribution in [2.24, 2.45) is 0 Å². The number of hydrogen-bond donors (Lipinski definition) is 0. The van der Waals surface area contributed by atoms with Crippen molar-refractivity contribution in [3.63, 3.8) is 0 Å². The number of aryl methyl sites for hydroxylation is 1. The Labute approximate surface area is 106 Å². The summed E-state index contributed by atoms with van der Waals surface area (Å²) in [4.78, 5) is 11.4. The molecule has 0 unspecified atom stereocenters. The van der Waals surface area contributed by atoms with Crippen LogP contribution < -0.4 is 5.43 Å². The Kier molecular flexibility index (Phi) is 3.07. The number of nitriles is 1. The zero-order valence-corrected chi connectivity index (χ0v) is 10.6. The highest BCUT2D eigenvalue weighted by Gasteiger charge is 2.06. The molecule has 1 aromatic carbocycles. The molecule has 17 heavy (non-hydrogen) atoms. The van der Waals surface area contributed by atoms with E-state index in [1.165, 1.54) is 6.07 Å². The van der Waals surface area contributed by atoms with Crippen LogP contribution in [-0.2, 0) is 0 Å². The van der Waals surface area contributed by atoms with Gasteiger partial charge in [-0.25, -0.2) is 4.68 Å². The molecule has 0 radical (unpaired) electrons. The summed E-state index contributed by atoms with van der Waals surface area (Å²) in [7, 11) is 0. The summed E-state index contributed by atoms with van der Waals surface area (Å²) in [5.74, 6) is 0. The second-order valence-corrected chi connectivity index (χ2v) is 4.41. The first-order valence-corrected chi connectivity index (χ1v) is 5.68. The van der Waals surface area contributed by atoms with E-state index in [1.54, 1.807) is 17.7 Å². The second-order valence-electron chi connectivity index (χ2n) is 3.50. The molecule has 0 fully saturated rings. The van der Waals surface area contributed by atoms with Crippen molar-refractivity contribution in [3.05, 3.63) is 56.4 Å². The van der Waals surface area contributed by atoms with E-state index in [1.807, 2.05) is 24.3 Å². The molecule has 0 N–H and O–H groups in total. The molecule has 0 atom stereocenters. The minimum absolute atomic E-state index is 0.0986. The highest BCUT2D eigenvalue weighted by atomic mass is 79.9. The Hall–Kier alpha value is -1.93. The molecule has 0 saturated carbocycles. The van der Waals surface area contributed by atoms with Crippen LogP contribution in [0.25, 0.3) is 5.69 Å². The first kappa shape index (κ1) is 11.6. The molecule has 2 aromatic rings. The van der Waals surface area contributed by atoms with Crippen LogP contribution in [0.3, 0.4) is 0 Å². The molecule has 0 saturated heterocycles. The lowest BCUT2D eigenvalue weighted by atomic mass is 10.3. The van der Waals surface area contributed by atoms with Crippen LogP contribution in [-0.4, -0.2) is 9.78 Å². The zero-order valence-electron chi connectivity index (χ0n) is 9.01. The molecular weight excluding hydrogens is 282 g/mol. The van der Waals surface area contributed by atoms with Gasteiger partial charge in [0.25, 0.3) is 0 Å². The maximum absolute atomic E-state index is 11.4. The lowest BCUT2D eigenvalue weighted by Crippen LogP contribution is -2.16. The van der Waals surface area contributed by atoms with Crippen molar-refractivity contribution in [1.29, 1.82) is 5.26 Å². The molecule has 0 aliphatic rings. The highest BCUT2D eigenvalue weighted by molar-refractivity contribution is 9.10. The van der Waals surface area contributed by atoms with E-state index in [-0.39, 0.29) is 11.1 Å². The van der Waals surface area contributed by atoms with Crippen molar-refractivity contribution in [3.8, 4) is 11.8 Å². The van der Waals surface area contributed by atoms with E-state index >= 15 is 0 Å². The van der Waals surface area contributed by atoms with Crippen molar-refractivity contribution in [2.45, 2.75) is 6.92 Å². The number of hydrogen-bond acceptors (Lipinski definition) is 3. The number of aromatic nitrogens is 2. The maximum Gasteiger partial charge on any atom is 0.218 e. The third-order valence-electron chi connectivity index (χ3n) is 2.28. The van der Waals surface area contributed by atoms with E-state index in [4.69, 9.17) is 5.26 Å². The fraction of sp³-hybridized carbons (Fsp3) is 0.0833. The maximum atomic E-state index is 11.4. The molecule has 0 spiro atoms. The summed E-state index contributed by atoms with van der Waals surface area (Å²) < 4.78 is 2.53. The molecule has 84 valence electrons. The van der Waals surface area contributed by atoms with Crippen LogP contribution in [0.1, 0.15) is 11.4 Å². The SMILES string of the molecule is Cc1cc(=O)c(C#N)nn1-c1ccc(Br)cc1. The van der Waals surface area contributed by atoms with Gasteiger partial charge in [-0.3, -0.25) is 4.79 Å². The molecule has 5 heteroatoms. The quantitative estimate of drug-likeness (QED) is 0.808. The van der Waals surface area contributed by atoms with Gasteiger partial charge in [-0.15, -0.1) is 0 Å².